The maximum atomic E-state index is 13.4. The van der Waals surface area contributed by atoms with Gasteiger partial charge in [0, 0.05) is 23.7 Å². The van der Waals surface area contributed by atoms with Crippen molar-refractivity contribution in [2.75, 3.05) is 32.1 Å². The van der Waals surface area contributed by atoms with Crippen molar-refractivity contribution >= 4 is 56.6 Å². The van der Waals surface area contributed by atoms with E-state index in [2.05, 4.69) is 17.0 Å². The number of aryl methyl sites for hydroxylation is 2. The Kier molecular flexibility index (Phi) is 7.17. The summed E-state index contributed by atoms with van der Waals surface area (Å²) in [5, 5.41) is 1.41. The summed E-state index contributed by atoms with van der Waals surface area (Å²) < 4.78 is 0.996. The molecule has 154 valence electrons. The van der Waals surface area contributed by atoms with Gasteiger partial charge in [-0.1, -0.05) is 29.0 Å². The van der Waals surface area contributed by atoms with E-state index < -0.39 is 0 Å². The summed E-state index contributed by atoms with van der Waals surface area (Å²) in [4.78, 5) is 22.0. The van der Waals surface area contributed by atoms with Crippen molar-refractivity contribution in [1.82, 2.24) is 9.88 Å². The minimum atomic E-state index is 0. The summed E-state index contributed by atoms with van der Waals surface area (Å²) in [7, 11) is 4.03. The lowest BCUT2D eigenvalue weighted by atomic mass is 9.90. The maximum absolute atomic E-state index is 13.4. The van der Waals surface area contributed by atoms with Crippen LogP contribution in [0.2, 0.25) is 5.02 Å². The second-order valence-electron chi connectivity index (χ2n) is 7.56. The molecule has 0 spiro atoms. The fourth-order valence-electron chi connectivity index (χ4n) is 3.61. The number of aromatic nitrogens is 1. The minimum absolute atomic E-state index is 0. The Morgan fingerprint density at radius 2 is 1.83 bits per heavy atom. The molecular formula is C22H25Cl2N3OS. The number of thiazole rings is 1. The quantitative estimate of drug-likeness (QED) is 0.518. The molecule has 4 rings (SSSR count). The van der Waals surface area contributed by atoms with Crippen molar-refractivity contribution in [2.45, 2.75) is 25.7 Å². The molecule has 1 amide bonds. The molecule has 0 aliphatic heterocycles. The molecule has 4 nitrogen and oxygen atoms in total. The number of carbonyl (C=O) groups excluding carboxylic acids is 1. The lowest BCUT2D eigenvalue weighted by molar-refractivity contribution is 0.0985. The summed E-state index contributed by atoms with van der Waals surface area (Å²) in [5.41, 5.74) is 4.33. The summed E-state index contributed by atoms with van der Waals surface area (Å²) in [6, 6.07) is 11.8. The van der Waals surface area contributed by atoms with Crippen LogP contribution in [0, 0.1) is 0 Å². The van der Waals surface area contributed by atoms with Gasteiger partial charge in [-0.15, -0.1) is 12.4 Å². The van der Waals surface area contributed by atoms with Gasteiger partial charge in [-0.25, -0.2) is 4.98 Å². The van der Waals surface area contributed by atoms with E-state index in [0.717, 1.165) is 40.3 Å². The Hall–Kier alpha value is -1.66. The highest BCUT2D eigenvalue weighted by Crippen LogP contribution is 2.32. The molecule has 1 aliphatic rings. The topological polar surface area (TPSA) is 36.4 Å². The summed E-state index contributed by atoms with van der Waals surface area (Å²) in [6.07, 6.45) is 4.62. The maximum Gasteiger partial charge on any atom is 0.260 e. The van der Waals surface area contributed by atoms with Crippen molar-refractivity contribution in [3.8, 4) is 0 Å². The number of nitrogens with zero attached hydrogens (tertiary/aromatic N) is 3. The average molecular weight is 450 g/mol. The molecule has 1 aromatic heterocycles. The lowest BCUT2D eigenvalue weighted by Crippen LogP contribution is -2.36. The lowest BCUT2D eigenvalue weighted by Gasteiger charge is -2.23. The van der Waals surface area contributed by atoms with Gasteiger partial charge < -0.3 is 4.90 Å². The Balaban J connectivity index is 0.00000240. The molecule has 1 heterocycles. The molecule has 0 fully saturated rings. The molecule has 2 aromatic carbocycles. The van der Waals surface area contributed by atoms with Crippen LogP contribution in [0.5, 0.6) is 0 Å². The highest BCUT2D eigenvalue weighted by atomic mass is 35.5. The molecule has 1 aliphatic carbocycles. The Bertz CT molecular complexity index is 1020. The third-order valence-electron chi connectivity index (χ3n) is 5.18. The van der Waals surface area contributed by atoms with E-state index in [1.807, 2.05) is 43.3 Å². The smallest absolute Gasteiger partial charge is 0.260 e. The number of benzene rings is 2. The number of fused-ring (bicyclic) bond motifs is 2. The summed E-state index contributed by atoms with van der Waals surface area (Å²) in [5.74, 6) is 0.0142. The van der Waals surface area contributed by atoms with E-state index in [1.165, 1.54) is 35.3 Å². The van der Waals surface area contributed by atoms with Gasteiger partial charge in [0.2, 0.25) is 0 Å². The van der Waals surface area contributed by atoms with Crippen molar-refractivity contribution in [3.05, 3.63) is 58.1 Å². The molecule has 0 radical (unpaired) electrons. The first-order chi connectivity index (χ1) is 13.5. The van der Waals surface area contributed by atoms with Crippen LogP contribution in [0.25, 0.3) is 10.2 Å². The molecule has 3 aromatic rings. The zero-order valence-corrected chi connectivity index (χ0v) is 19.0. The normalized spacial score (nSPS) is 13.2. The van der Waals surface area contributed by atoms with Crippen LogP contribution in [0.3, 0.4) is 0 Å². The fraction of sp³-hybridized carbons (Fsp3) is 0.364. The second-order valence-corrected chi connectivity index (χ2v) is 9.00. The average Bonchev–Trinajstić information content (AvgIpc) is 3.10. The molecule has 0 unspecified atom stereocenters. The van der Waals surface area contributed by atoms with Crippen LogP contribution in [-0.4, -0.2) is 43.0 Å². The predicted molar refractivity (Wildman–Crippen MR) is 125 cm³/mol. The van der Waals surface area contributed by atoms with E-state index in [0.29, 0.717) is 11.6 Å². The molecule has 0 bridgehead atoms. The molecular weight excluding hydrogens is 425 g/mol. The van der Waals surface area contributed by atoms with Gasteiger partial charge in [-0.3, -0.25) is 9.69 Å². The van der Waals surface area contributed by atoms with Crippen molar-refractivity contribution in [1.29, 1.82) is 0 Å². The number of hydrogen-bond acceptors (Lipinski definition) is 4. The van der Waals surface area contributed by atoms with Gasteiger partial charge in [0.1, 0.15) is 0 Å². The second kappa shape index (κ2) is 9.43. The SMILES string of the molecule is CN(C)CCN(C(=O)c1ccc2c(c1)CCCC2)c1nc2ccc(Cl)cc2s1.Cl. The highest BCUT2D eigenvalue weighted by Gasteiger charge is 2.23. The van der Waals surface area contributed by atoms with Crippen molar-refractivity contribution < 1.29 is 4.79 Å². The summed E-state index contributed by atoms with van der Waals surface area (Å²) >= 11 is 7.64. The van der Waals surface area contributed by atoms with Crippen LogP contribution in [0.1, 0.15) is 34.3 Å². The number of rotatable bonds is 5. The number of carbonyl (C=O) groups is 1. The first-order valence-electron chi connectivity index (χ1n) is 9.66. The van der Waals surface area contributed by atoms with Gasteiger partial charge in [-0.05, 0) is 81.2 Å². The molecule has 0 saturated heterocycles. The number of amides is 1. The minimum Gasteiger partial charge on any atom is -0.308 e. The highest BCUT2D eigenvalue weighted by molar-refractivity contribution is 7.22. The van der Waals surface area contributed by atoms with Crippen LogP contribution in [0.15, 0.2) is 36.4 Å². The van der Waals surface area contributed by atoms with E-state index in [4.69, 9.17) is 16.6 Å². The van der Waals surface area contributed by atoms with Gasteiger partial charge in [0.05, 0.1) is 10.2 Å². The van der Waals surface area contributed by atoms with Gasteiger partial charge in [-0.2, -0.15) is 0 Å². The van der Waals surface area contributed by atoms with Crippen LogP contribution >= 0.6 is 35.3 Å². The van der Waals surface area contributed by atoms with Gasteiger partial charge in [0.15, 0.2) is 5.13 Å². The fourth-order valence-corrected chi connectivity index (χ4v) is 4.87. The molecule has 0 saturated carbocycles. The Labute approximate surface area is 186 Å². The zero-order valence-electron chi connectivity index (χ0n) is 16.7. The van der Waals surface area contributed by atoms with Gasteiger partial charge in [0.25, 0.3) is 5.91 Å². The zero-order chi connectivity index (χ0) is 19.7. The molecule has 0 N–H and O–H groups in total. The third kappa shape index (κ3) is 4.92. The number of hydrogen-bond donors (Lipinski definition) is 0. The third-order valence-corrected chi connectivity index (χ3v) is 6.46. The van der Waals surface area contributed by atoms with Crippen molar-refractivity contribution in [3.63, 3.8) is 0 Å². The molecule has 0 atom stereocenters. The van der Waals surface area contributed by atoms with E-state index in [1.54, 1.807) is 0 Å². The van der Waals surface area contributed by atoms with E-state index >= 15 is 0 Å². The number of halogens is 2. The Morgan fingerprint density at radius 1 is 1.07 bits per heavy atom. The Morgan fingerprint density at radius 3 is 2.59 bits per heavy atom. The van der Waals surface area contributed by atoms with Crippen LogP contribution < -0.4 is 4.90 Å². The molecule has 7 heteroatoms. The number of likely N-dealkylation sites (N-methyl/N-ethyl adjacent to an activating group) is 1. The van der Waals surface area contributed by atoms with Crippen molar-refractivity contribution in [2.24, 2.45) is 0 Å². The first kappa shape index (κ1) is 22.0. The van der Waals surface area contributed by atoms with Crippen LogP contribution in [0.4, 0.5) is 5.13 Å². The molecule has 29 heavy (non-hydrogen) atoms. The van der Waals surface area contributed by atoms with Crippen LogP contribution in [-0.2, 0) is 12.8 Å². The summed E-state index contributed by atoms with van der Waals surface area (Å²) in [6.45, 7) is 1.36. The van der Waals surface area contributed by atoms with Gasteiger partial charge >= 0.3 is 0 Å². The van der Waals surface area contributed by atoms with E-state index in [-0.39, 0.29) is 18.3 Å². The predicted octanol–water partition coefficient (Wildman–Crippen LogP) is 5.46. The van der Waals surface area contributed by atoms with E-state index in [9.17, 15) is 4.79 Å². The largest absolute Gasteiger partial charge is 0.308 e. The number of anilines is 1. The standard InChI is InChI=1S/C22H24ClN3OS.ClH/c1-25(2)11-12-26(22-24-19-10-9-18(23)14-20(19)28-22)21(27)17-8-7-15-5-3-4-6-16(15)13-17;/h7-10,13-14H,3-6,11-12H2,1-2H3;1H. The monoisotopic (exact) mass is 449 g/mol. The first-order valence-corrected chi connectivity index (χ1v) is 10.9.